The largest absolute Gasteiger partial charge is 0.493 e. The van der Waals surface area contributed by atoms with E-state index < -0.39 is 4.92 Å². The predicted molar refractivity (Wildman–Crippen MR) is 81.7 cm³/mol. The predicted octanol–water partition coefficient (Wildman–Crippen LogP) is 1.62. The highest BCUT2D eigenvalue weighted by Crippen LogP contribution is 2.34. The number of nitriles is 1. The van der Waals surface area contributed by atoms with E-state index in [1.165, 1.54) is 19.2 Å². The number of hydrogen-bond donors (Lipinski definition) is 1. The third-order valence-electron chi connectivity index (χ3n) is 3.55. The molecule has 0 saturated carbocycles. The number of methoxy groups -OCH3 is 1. The van der Waals surface area contributed by atoms with Crippen LogP contribution in [0.4, 0.5) is 5.69 Å². The maximum Gasteiger partial charge on any atom is 0.291 e. The van der Waals surface area contributed by atoms with Gasteiger partial charge in [-0.15, -0.1) is 0 Å². The van der Waals surface area contributed by atoms with Crippen LogP contribution < -0.4 is 14.8 Å². The number of hydrogen-bond acceptors (Lipinski definition) is 7. The second-order valence-corrected chi connectivity index (χ2v) is 5.11. The van der Waals surface area contributed by atoms with Crippen molar-refractivity contribution in [2.24, 2.45) is 0 Å². The molecule has 1 aliphatic rings. The molecule has 1 fully saturated rings. The summed E-state index contributed by atoms with van der Waals surface area (Å²) < 4.78 is 16.1. The highest BCUT2D eigenvalue weighted by Gasteiger charge is 2.20. The summed E-state index contributed by atoms with van der Waals surface area (Å²) in [6, 6.07) is 4.69. The fourth-order valence-electron chi connectivity index (χ4n) is 2.38. The Morgan fingerprint density at radius 3 is 2.96 bits per heavy atom. The molecular formula is C15H19N3O5. The van der Waals surface area contributed by atoms with Crippen LogP contribution in [-0.4, -0.2) is 44.4 Å². The molecule has 1 unspecified atom stereocenters. The minimum Gasteiger partial charge on any atom is -0.493 e. The molecule has 2 rings (SSSR count). The van der Waals surface area contributed by atoms with Gasteiger partial charge in [-0.2, -0.15) is 5.26 Å². The van der Waals surface area contributed by atoms with E-state index in [4.69, 9.17) is 19.5 Å². The van der Waals surface area contributed by atoms with E-state index in [-0.39, 0.29) is 17.0 Å². The van der Waals surface area contributed by atoms with E-state index in [1.54, 1.807) is 6.07 Å². The van der Waals surface area contributed by atoms with Gasteiger partial charge in [0, 0.05) is 18.7 Å². The van der Waals surface area contributed by atoms with Crippen molar-refractivity contribution in [2.75, 3.05) is 33.5 Å². The van der Waals surface area contributed by atoms with Crippen LogP contribution in [0, 0.1) is 21.4 Å². The Balaban J connectivity index is 1.95. The summed E-state index contributed by atoms with van der Waals surface area (Å²) in [5.41, 5.74) is -0.339. The van der Waals surface area contributed by atoms with Crippen molar-refractivity contribution in [1.29, 1.82) is 5.26 Å². The van der Waals surface area contributed by atoms with E-state index in [2.05, 4.69) is 5.32 Å². The van der Waals surface area contributed by atoms with Gasteiger partial charge in [0.15, 0.2) is 11.5 Å². The molecular weight excluding hydrogens is 302 g/mol. The fraction of sp³-hybridized carbons (Fsp3) is 0.533. The summed E-state index contributed by atoms with van der Waals surface area (Å²) in [4.78, 5) is 10.3. The summed E-state index contributed by atoms with van der Waals surface area (Å²) in [6.07, 6.45) is 1.70. The van der Waals surface area contributed by atoms with Crippen LogP contribution in [-0.2, 0) is 4.74 Å². The number of morpholine rings is 1. The van der Waals surface area contributed by atoms with Gasteiger partial charge in [0.05, 0.1) is 37.9 Å². The Labute approximate surface area is 134 Å². The molecule has 0 spiro atoms. The molecule has 1 aliphatic heterocycles. The lowest BCUT2D eigenvalue weighted by Gasteiger charge is -2.23. The van der Waals surface area contributed by atoms with Crippen molar-refractivity contribution < 1.29 is 19.1 Å². The smallest absolute Gasteiger partial charge is 0.291 e. The lowest BCUT2D eigenvalue weighted by Crippen LogP contribution is -2.41. The summed E-state index contributed by atoms with van der Waals surface area (Å²) in [5, 5.41) is 23.3. The van der Waals surface area contributed by atoms with Crippen molar-refractivity contribution in [3.8, 4) is 17.6 Å². The quantitative estimate of drug-likeness (QED) is 0.462. The van der Waals surface area contributed by atoms with Gasteiger partial charge in [0.2, 0.25) is 0 Å². The number of rotatable bonds is 7. The minimum absolute atomic E-state index is 0.0480. The molecule has 8 heteroatoms. The van der Waals surface area contributed by atoms with Crippen LogP contribution in [0.2, 0.25) is 0 Å². The van der Waals surface area contributed by atoms with Crippen molar-refractivity contribution in [3.05, 3.63) is 27.8 Å². The van der Waals surface area contributed by atoms with E-state index in [0.29, 0.717) is 25.0 Å². The molecule has 0 aliphatic carbocycles. The van der Waals surface area contributed by atoms with E-state index in [9.17, 15) is 10.1 Å². The summed E-state index contributed by atoms with van der Waals surface area (Å²) in [7, 11) is 1.40. The first kappa shape index (κ1) is 17.0. The van der Waals surface area contributed by atoms with Gasteiger partial charge in [-0.3, -0.25) is 10.1 Å². The zero-order chi connectivity index (χ0) is 16.7. The van der Waals surface area contributed by atoms with Gasteiger partial charge in [0.25, 0.3) is 5.69 Å². The Bertz CT molecular complexity index is 594. The van der Waals surface area contributed by atoms with Gasteiger partial charge in [-0.1, -0.05) is 0 Å². The first-order chi connectivity index (χ1) is 11.2. The molecule has 1 heterocycles. The molecule has 0 radical (unpaired) electrons. The standard InChI is InChI=1S/C15H19N3O5/c1-21-14-8-13(18(19)20)11(9-16)7-15(14)23-5-2-3-12-10-22-6-4-17-12/h7-8,12,17H,2-6,10H2,1H3. The van der Waals surface area contributed by atoms with E-state index in [0.717, 1.165) is 26.0 Å². The molecule has 1 saturated heterocycles. The number of nitrogens with one attached hydrogen (secondary N) is 1. The molecule has 8 nitrogen and oxygen atoms in total. The zero-order valence-electron chi connectivity index (χ0n) is 12.9. The van der Waals surface area contributed by atoms with Crippen LogP contribution in [0.25, 0.3) is 0 Å². The highest BCUT2D eigenvalue weighted by molar-refractivity contribution is 5.58. The van der Waals surface area contributed by atoms with Crippen molar-refractivity contribution in [2.45, 2.75) is 18.9 Å². The molecule has 1 atom stereocenters. The van der Waals surface area contributed by atoms with E-state index in [1.807, 2.05) is 0 Å². The van der Waals surface area contributed by atoms with Gasteiger partial charge >= 0.3 is 0 Å². The topological polar surface area (TPSA) is 107 Å². The number of nitrogens with zero attached hydrogens (tertiary/aromatic N) is 2. The lowest BCUT2D eigenvalue weighted by atomic mass is 10.1. The molecule has 23 heavy (non-hydrogen) atoms. The Hall–Kier alpha value is -2.37. The lowest BCUT2D eigenvalue weighted by molar-refractivity contribution is -0.385. The molecule has 0 aromatic heterocycles. The second-order valence-electron chi connectivity index (χ2n) is 5.11. The minimum atomic E-state index is -0.612. The Morgan fingerprint density at radius 2 is 2.35 bits per heavy atom. The monoisotopic (exact) mass is 321 g/mol. The summed E-state index contributed by atoms with van der Waals surface area (Å²) >= 11 is 0. The number of benzene rings is 1. The molecule has 1 N–H and O–H groups in total. The maximum absolute atomic E-state index is 10.9. The van der Waals surface area contributed by atoms with Gasteiger partial charge in [0.1, 0.15) is 11.6 Å². The average Bonchev–Trinajstić information content (AvgIpc) is 2.58. The van der Waals surface area contributed by atoms with Crippen LogP contribution in [0.1, 0.15) is 18.4 Å². The third-order valence-corrected chi connectivity index (χ3v) is 3.55. The van der Waals surface area contributed by atoms with Crippen LogP contribution in [0.15, 0.2) is 12.1 Å². The van der Waals surface area contributed by atoms with Crippen molar-refractivity contribution in [3.63, 3.8) is 0 Å². The molecule has 1 aromatic carbocycles. The van der Waals surface area contributed by atoms with E-state index >= 15 is 0 Å². The Kier molecular flexibility index (Phi) is 6.14. The third kappa shape index (κ3) is 4.55. The normalized spacial score (nSPS) is 17.3. The first-order valence-corrected chi connectivity index (χ1v) is 7.36. The summed E-state index contributed by atoms with van der Waals surface area (Å²) in [6.45, 7) is 2.72. The fourth-order valence-corrected chi connectivity index (χ4v) is 2.38. The van der Waals surface area contributed by atoms with Crippen molar-refractivity contribution in [1.82, 2.24) is 5.32 Å². The maximum atomic E-state index is 10.9. The van der Waals surface area contributed by atoms with Crippen LogP contribution >= 0.6 is 0 Å². The molecule has 1 aromatic rings. The summed E-state index contributed by atoms with van der Waals surface area (Å²) in [5.74, 6) is 0.581. The van der Waals surface area contributed by atoms with Gasteiger partial charge < -0.3 is 19.5 Å². The molecule has 0 amide bonds. The number of nitro benzene ring substituents is 1. The SMILES string of the molecule is COc1cc([N+](=O)[O-])c(C#N)cc1OCCCC1COCCN1. The van der Waals surface area contributed by atoms with Crippen molar-refractivity contribution >= 4 is 5.69 Å². The van der Waals surface area contributed by atoms with Crippen LogP contribution in [0.5, 0.6) is 11.5 Å². The molecule has 124 valence electrons. The van der Waals surface area contributed by atoms with Gasteiger partial charge in [-0.05, 0) is 12.8 Å². The number of ether oxygens (including phenoxy) is 3. The van der Waals surface area contributed by atoms with Crippen LogP contribution in [0.3, 0.4) is 0 Å². The highest BCUT2D eigenvalue weighted by atomic mass is 16.6. The Morgan fingerprint density at radius 1 is 1.52 bits per heavy atom. The molecule has 0 bridgehead atoms. The van der Waals surface area contributed by atoms with Gasteiger partial charge in [-0.25, -0.2) is 0 Å². The average molecular weight is 321 g/mol. The number of nitro groups is 1. The second kappa shape index (κ2) is 8.31. The first-order valence-electron chi connectivity index (χ1n) is 7.36. The zero-order valence-corrected chi connectivity index (χ0v) is 12.9.